The number of nitrogens with one attached hydrogen (secondary N) is 1. The van der Waals surface area contributed by atoms with Crippen LogP contribution in [0.15, 0.2) is 22.8 Å². The minimum Gasteiger partial charge on any atom is -0.459 e. The van der Waals surface area contributed by atoms with Crippen LogP contribution in [0.2, 0.25) is 0 Å². The van der Waals surface area contributed by atoms with Crippen molar-refractivity contribution in [2.24, 2.45) is 0 Å². The fraction of sp³-hybridized carbons (Fsp3) is 0.467. The zero-order valence-electron chi connectivity index (χ0n) is 12.4. The highest BCUT2D eigenvalue weighted by Gasteiger charge is 2.24. The highest BCUT2D eigenvalue weighted by molar-refractivity contribution is 5.91. The van der Waals surface area contributed by atoms with Gasteiger partial charge in [0, 0.05) is 31.9 Å². The summed E-state index contributed by atoms with van der Waals surface area (Å²) in [5.74, 6) is 1.39. The summed E-state index contributed by atoms with van der Waals surface area (Å²) >= 11 is 0. The van der Waals surface area contributed by atoms with Gasteiger partial charge in [-0.2, -0.15) is 0 Å². The van der Waals surface area contributed by atoms with Crippen LogP contribution >= 0.6 is 0 Å². The van der Waals surface area contributed by atoms with Gasteiger partial charge in [0.1, 0.15) is 5.82 Å². The molecule has 6 heteroatoms. The molecule has 0 bridgehead atoms. The average molecular weight is 288 g/mol. The van der Waals surface area contributed by atoms with Crippen LogP contribution in [0.4, 0.5) is 0 Å². The number of piperazine rings is 1. The van der Waals surface area contributed by atoms with Crippen molar-refractivity contribution < 1.29 is 9.21 Å². The summed E-state index contributed by atoms with van der Waals surface area (Å²) in [6, 6.07) is 3.45. The van der Waals surface area contributed by atoms with Crippen molar-refractivity contribution in [3.8, 4) is 0 Å². The molecule has 1 aliphatic heterocycles. The van der Waals surface area contributed by atoms with Crippen molar-refractivity contribution in [1.29, 1.82) is 0 Å². The molecule has 1 amide bonds. The number of aryl methyl sites for hydroxylation is 2. The lowest BCUT2D eigenvalue weighted by Crippen LogP contribution is -2.48. The van der Waals surface area contributed by atoms with Crippen molar-refractivity contribution in [3.05, 3.63) is 41.4 Å². The first-order chi connectivity index (χ1) is 10.1. The zero-order chi connectivity index (χ0) is 14.8. The van der Waals surface area contributed by atoms with E-state index in [2.05, 4.69) is 14.9 Å². The summed E-state index contributed by atoms with van der Waals surface area (Å²) in [7, 11) is 0. The summed E-state index contributed by atoms with van der Waals surface area (Å²) in [6.45, 7) is 7.99. The van der Waals surface area contributed by atoms with E-state index in [4.69, 9.17) is 4.42 Å². The van der Waals surface area contributed by atoms with Gasteiger partial charge in [0.15, 0.2) is 5.76 Å². The maximum Gasteiger partial charge on any atom is 0.289 e. The number of rotatable bonds is 3. The van der Waals surface area contributed by atoms with Crippen molar-refractivity contribution in [1.82, 2.24) is 19.8 Å². The van der Waals surface area contributed by atoms with Gasteiger partial charge in [-0.05, 0) is 26.0 Å². The quantitative estimate of drug-likeness (QED) is 0.931. The van der Waals surface area contributed by atoms with Gasteiger partial charge < -0.3 is 14.3 Å². The SMILES string of the molecule is Cc1nc(CN2CCN(C(=O)c3ccco3)CC2)[nH]c1C. The molecular weight excluding hydrogens is 268 g/mol. The Morgan fingerprint density at radius 1 is 1.33 bits per heavy atom. The number of carbonyl (C=O) groups excluding carboxylic acids is 1. The Bertz CT molecular complexity index is 590. The van der Waals surface area contributed by atoms with Crippen molar-refractivity contribution in [2.75, 3.05) is 26.2 Å². The fourth-order valence-corrected chi connectivity index (χ4v) is 2.57. The molecule has 0 saturated carbocycles. The molecule has 112 valence electrons. The summed E-state index contributed by atoms with van der Waals surface area (Å²) in [5, 5.41) is 0. The topological polar surface area (TPSA) is 65.4 Å². The minimum absolute atomic E-state index is 0.0238. The van der Waals surface area contributed by atoms with Crippen LogP contribution in [0.25, 0.3) is 0 Å². The number of H-pyrrole nitrogens is 1. The van der Waals surface area contributed by atoms with E-state index in [9.17, 15) is 4.79 Å². The summed E-state index contributed by atoms with van der Waals surface area (Å²) in [4.78, 5) is 24.1. The van der Waals surface area contributed by atoms with E-state index in [-0.39, 0.29) is 5.91 Å². The van der Waals surface area contributed by atoms with Crippen molar-refractivity contribution in [2.45, 2.75) is 20.4 Å². The highest BCUT2D eigenvalue weighted by atomic mass is 16.3. The third-order valence-corrected chi connectivity index (χ3v) is 3.94. The first kappa shape index (κ1) is 13.9. The lowest BCUT2D eigenvalue weighted by atomic mass is 10.3. The minimum atomic E-state index is -0.0238. The third kappa shape index (κ3) is 3.00. The smallest absolute Gasteiger partial charge is 0.289 e. The number of nitrogens with zero attached hydrogens (tertiary/aromatic N) is 3. The number of imidazole rings is 1. The second-order valence-corrected chi connectivity index (χ2v) is 5.44. The van der Waals surface area contributed by atoms with Crippen molar-refractivity contribution in [3.63, 3.8) is 0 Å². The molecule has 1 N–H and O–H groups in total. The molecule has 0 spiro atoms. The molecule has 0 atom stereocenters. The highest BCUT2D eigenvalue weighted by Crippen LogP contribution is 2.12. The molecule has 1 saturated heterocycles. The average Bonchev–Trinajstić information content (AvgIpc) is 3.10. The molecule has 0 unspecified atom stereocenters. The maximum absolute atomic E-state index is 12.2. The Morgan fingerprint density at radius 2 is 2.10 bits per heavy atom. The number of furan rings is 1. The van der Waals surface area contributed by atoms with Crippen LogP contribution in [0, 0.1) is 13.8 Å². The van der Waals surface area contributed by atoms with Gasteiger partial charge in [-0.3, -0.25) is 9.69 Å². The Labute approximate surface area is 123 Å². The van der Waals surface area contributed by atoms with E-state index >= 15 is 0 Å². The van der Waals surface area contributed by atoms with Gasteiger partial charge in [0.25, 0.3) is 5.91 Å². The van der Waals surface area contributed by atoms with Crippen LogP contribution in [0.3, 0.4) is 0 Å². The summed E-state index contributed by atoms with van der Waals surface area (Å²) in [5.41, 5.74) is 2.17. The van der Waals surface area contributed by atoms with Crippen LogP contribution in [-0.2, 0) is 6.54 Å². The fourth-order valence-electron chi connectivity index (χ4n) is 2.57. The van der Waals surface area contributed by atoms with E-state index < -0.39 is 0 Å². The monoisotopic (exact) mass is 288 g/mol. The van der Waals surface area contributed by atoms with Crippen LogP contribution in [-0.4, -0.2) is 51.9 Å². The van der Waals surface area contributed by atoms with Gasteiger partial charge >= 0.3 is 0 Å². The van der Waals surface area contributed by atoms with E-state index in [1.54, 1.807) is 12.1 Å². The normalized spacial score (nSPS) is 16.4. The molecule has 1 aliphatic rings. The molecule has 6 nitrogen and oxygen atoms in total. The second kappa shape index (κ2) is 5.73. The van der Waals surface area contributed by atoms with Crippen molar-refractivity contribution >= 4 is 5.91 Å². The lowest BCUT2D eigenvalue weighted by molar-refractivity contribution is 0.0595. The first-order valence-electron chi connectivity index (χ1n) is 7.20. The largest absolute Gasteiger partial charge is 0.459 e. The predicted molar refractivity (Wildman–Crippen MR) is 78.0 cm³/mol. The molecule has 2 aromatic heterocycles. The van der Waals surface area contributed by atoms with Gasteiger partial charge in [0.2, 0.25) is 0 Å². The lowest BCUT2D eigenvalue weighted by Gasteiger charge is -2.33. The number of hydrogen-bond donors (Lipinski definition) is 1. The van der Waals surface area contributed by atoms with E-state index in [1.165, 1.54) is 6.26 Å². The molecule has 1 fully saturated rings. The predicted octanol–water partition coefficient (Wildman–Crippen LogP) is 1.58. The molecule has 21 heavy (non-hydrogen) atoms. The standard InChI is InChI=1S/C15H20N4O2/c1-11-12(2)17-14(16-11)10-18-5-7-19(8-6-18)15(20)13-4-3-9-21-13/h3-4,9H,5-8,10H2,1-2H3,(H,16,17). The van der Waals surface area contributed by atoms with E-state index in [1.807, 2.05) is 18.7 Å². The first-order valence-corrected chi connectivity index (χ1v) is 7.20. The maximum atomic E-state index is 12.2. The number of hydrogen-bond acceptors (Lipinski definition) is 4. The molecule has 0 aliphatic carbocycles. The van der Waals surface area contributed by atoms with Crippen LogP contribution < -0.4 is 0 Å². The number of aromatic nitrogens is 2. The molecular formula is C15H20N4O2. The molecule has 3 heterocycles. The van der Waals surface area contributed by atoms with Gasteiger partial charge in [-0.1, -0.05) is 0 Å². The number of amides is 1. The molecule has 2 aromatic rings. The van der Waals surface area contributed by atoms with Gasteiger partial charge in [-0.15, -0.1) is 0 Å². The zero-order valence-corrected chi connectivity index (χ0v) is 12.4. The number of aromatic amines is 1. The van der Waals surface area contributed by atoms with Crippen LogP contribution in [0.5, 0.6) is 0 Å². The van der Waals surface area contributed by atoms with Crippen LogP contribution in [0.1, 0.15) is 27.8 Å². The Kier molecular flexibility index (Phi) is 3.79. The Balaban J connectivity index is 1.54. The van der Waals surface area contributed by atoms with E-state index in [0.29, 0.717) is 5.76 Å². The second-order valence-electron chi connectivity index (χ2n) is 5.44. The summed E-state index contributed by atoms with van der Waals surface area (Å²) in [6.07, 6.45) is 1.53. The molecule has 0 radical (unpaired) electrons. The molecule has 0 aromatic carbocycles. The third-order valence-electron chi connectivity index (χ3n) is 3.94. The van der Waals surface area contributed by atoms with Gasteiger partial charge in [0.05, 0.1) is 18.5 Å². The Hall–Kier alpha value is -2.08. The van der Waals surface area contributed by atoms with Gasteiger partial charge in [-0.25, -0.2) is 4.98 Å². The summed E-state index contributed by atoms with van der Waals surface area (Å²) < 4.78 is 5.17. The van der Waals surface area contributed by atoms with E-state index in [0.717, 1.165) is 49.9 Å². The molecule has 3 rings (SSSR count). The Morgan fingerprint density at radius 3 is 2.67 bits per heavy atom. The number of carbonyl (C=O) groups is 1.